The molecule has 1 aliphatic rings. The summed E-state index contributed by atoms with van der Waals surface area (Å²) in [4.78, 5) is 11.3. The number of nitrogens with one attached hydrogen (secondary N) is 1. The van der Waals surface area contributed by atoms with Crippen molar-refractivity contribution in [1.29, 1.82) is 0 Å². The van der Waals surface area contributed by atoms with Crippen molar-refractivity contribution >= 4 is 0 Å². The van der Waals surface area contributed by atoms with Crippen LogP contribution in [0.4, 0.5) is 0 Å². The van der Waals surface area contributed by atoms with Crippen LogP contribution in [0.15, 0.2) is 23.1 Å². The lowest BCUT2D eigenvalue weighted by molar-refractivity contribution is 0.465. The molecule has 1 N–H and O–H groups in total. The zero-order chi connectivity index (χ0) is 8.39. The van der Waals surface area contributed by atoms with Crippen LogP contribution in [0.1, 0.15) is 12.5 Å². The van der Waals surface area contributed by atoms with E-state index in [2.05, 4.69) is 10.4 Å². The van der Waals surface area contributed by atoms with Crippen molar-refractivity contribution in [2.24, 2.45) is 0 Å². The second-order valence-corrected chi connectivity index (χ2v) is 2.95. The highest BCUT2D eigenvalue weighted by Crippen LogP contribution is 2.09. The first-order chi connectivity index (χ1) is 5.88. The molecule has 4 nitrogen and oxygen atoms in total. The molecular weight excluding hydrogens is 154 g/mol. The maximum Gasteiger partial charge on any atom is 0.267 e. The zero-order valence-corrected chi connectivity index (χ0v) is 6.73. The minimum absolute atomic E-state index is 0.00815. The lowest BCUT2D eigenvalue weighted by atomic mass is 10.3. The average molecular weight is 165 g/mol. The fourth-order valence-corrected chi connectivity index (χ4v) is 1.49. The molecule has 1 atom stereocenters. The van der Waals surface area contributed by atoms with Crippen LogP contribution in [-0.4, -0.2) is 22.9 Å². The van der Waals surface area contributed by atoms with Crippen molar-refractivity contribution in [3.8, 4) is 0 Å². The van der Waals surface area contributed by atoms with Gasteiger partial charge in [0.1, 0.15) is 0 Å². The normalized spacial score (nSPS) is 22.8. The fourth-order valence-electron chi connectivity index (χ4n) is 1.49. The molecule has 1 saturated heterocycles. The Labute approximate surface area is 70.2 Å². The average Bonchev–Trinajstić information content (AvgIpc) is 2.57. The molecule has 1 unspecified atom stereocenters. The van der Waals surface area contributed by atoms with E-state index in [4.69, 9.17) is 0 Å². The summed E-state index contributed by atoms with van der Waals surface area (Å²) in [6.07, 6.45) is 2.65. The van der Waals surface area contributed by atoms with Gasteiger partial charge in [0, 0.05) is 18.8 Å². The molecule has 4 heteroatoms. The van der Waals surface area contributed by atoms with Crippen molar-refractivity contribution < 1.29 is 0 Å². The molecule has 0 amide bonds. The summed E-state index contributed by atoms with van der Waals surface area (Å²) in [6.45, 7) is 1.84. The van der Waals surface area contributed by atoms with E-state index >= 15 is 0 Å². The minimum Gasteiger partial charge on any atom is -0.315 e. The van der Waals surface area contributed by atoms with Crippen molar-refractivity contribution in [1.82, 2.24) is 15.1 Å². The fraction of sp³-hybridized carbons (Fsp3) is 0.500. The molecule has 2 rings (SSSR count). The summed E-state index contributed by atoms with van der Waals surface area (Å²) in [5, 5.41) is 7.22. The summed E-state index contributed by atoms with van der Waals surface area (Å²) >= 11 is 0. The van der Waals surface area contributed by atoms with Crippen LogP contribution < -0.4 is 10.9 Å². The van der Waals surface area contributed by atoms with Gasteiger partial charge in [-0.05, 0) is 19.0 Å². The van der Waals surface area contributed by atoms with E-state index < -0.39 is 0 Å². The summed E-state index contributed by atoms with van der Waals surface area (Å²) < 4.78 is 1.56. The van der Waals surface area contributed by atoms with E-state index in [9.17, 15) is 4.79 Å². The molecule has 0 radical (unpaired) electrons. The van der Waals surface area contributed by atoms with E-state index in [0.29, 0.717) is 0 Å². The number of hydrogen-bond acceptors (Lipinski definition) is 3. The van der Waals surface area contributed by atoms with Gasteiger partial charge in [-0.25, -0.2) is 4.68 Å². The lowest BCUT2D eigenvalue weighted by Crippen LogP contribution is -2.27. The first-order valence-corrected chi connectivity index (χ1v) is 4.12. The molecule has 0 spiro atoms. The SMILES string of the molecule is O=c1cccnn1C1CCNC1. The first kappa shape index (κ1) is 7.49. The van der Waals surface area contributed by atoms with E-state index in [1.54, 1.807) is 23.0 Å². The largest absolute Gasteiger partial charge is 0.315 e. The van der Waals surface area contributed by atoms with E-state index in [-0.39, 0.29) is 11.6 Å². The van der Waals surface area contributed by atoms with E-state index in [1.807, 2.05) is 0 Å². The lowest BCUT2D eigenvalue weighted by Gasteiger charge is -2.09. The molecule has 0 saturated carbocycles. The quantitative estimate of drug-likeness (QED) is 0.625. The highest BCUT2D eigenvalue weighted by atomic mass is 16.1. The Kier molecular flexibility index (Phi) is 1.91. The van der Waals surface area contributed by atoms with Gasteiger partial charge in [-0.1, -0.05) is 0 Å². The van der Waals surface area contributed by atoms with Crippen molar-refractivity contribution in [2.75, 3.05) is 13.1 Å². The van der Waals surface area contributed by atoms with Crippen molar-refractivity contribution in [3.63, 3.8) is 0 Å². The van der Waals surface area contributed by atoms with E-state index in [0.717, 1.165) is 19.5 Å². The summed E-state index contributed by atoms with van der Waals surface area (Å²) in [5.41, 5.74) is -0.00815. The molecule has 0 aromatic carbocycles. The van der Waals surface area contributed by atoms with Gasteiger partial charge in [0.2, 0.25) is 0 Å². The van der Waals surface area contributed by atoms with Gasteiger partial charge in [0.25, 0.3) is 5.56 Å². The number of nitrogens with zero attached hydrogens (tertiary/aromatic N) is 2. The molecule has 0 bridgehead atoms. The summed E-state index contributed by atoms with van der Waals surface area (Å²) in [6, 6.07) is 3.46. The van der Waals surface area contributed by atoms with Crippen molar-refractivity contribution in [2.45, 2.75) is 12.5 Å². The van der Waals surface area contributed by atoms with Crippen LogP contribution >= 0.6 is 0 Å². The second kappa shape index (κ2) is 3.06. The monoisotopic (exact) mass is 165 g/mol. The van der Waals surface area contributed by atoms with Crippen LogP contribution in [0, 0.1) is 0 Å². The first-order valence-electron chi connectivity index (χ1n) is 4.12. The highest BCUT2D eigenvalue weighted by molar-refractivity contribution is 4.88. The van der Waals surface area contributed by atoms with E-state index in [1.165, 1.54) is 0 Å². The Bertz CT molecular complexity index is 314. The zero-order valence-electron chi connectivity index (χ0n) is 6.73. The molecule has 1 fully saturated rings. The molecule has 64 valence electrons. The van der Waals surface area contributed by atoms with Crippen molar-refractivity contribution in [3.05, 3.63) is 28.7 Å². The Morgan fingerprint density at radius 2 is 2.58 bits per heavy atom. The van der Waals surface area contributed by atoms with Crippen LogP contribution in [-0.2, 0) is 0 Å². The third-order valence-corrected chi connectivity index (χ3v) is 2.12. The van der Waals surface area contributed by atoms with Gasteiger partial charge < -0.3 is 5.32 Å². The standard InChI is InChI=1S/C8H11N3O/c12-8-2-1-4-10-11(8)7-3-5-9-6-7/h1-2,4,7,9H,3,5-6H2. The maximum atomic E-state index is 11.3. The van der Waals surface area contributed by atoms with Gasteiger partial charge in [-0.3, -0.25) is 4.79 Å². The smallest absolute Gasteiger partial charge is 0.267 e. The Morgan fingerprint density at radius 3 is 3.25 bits per heavy atom. The number of aromatic nitrogens is 2. The third-order valence-electron chi connectivity index (χ3n) is 2.12. The second-order valence-electron chi connectivity index (χ2n) is 2.95. The Balaban J connectivity index is 2.32. The maximum absolute atomic E-state index is 11.3. The predicted molar refractivity (Wildman–Crippen MR) is 45.0 cm³/mol. The van der Waals surface area contributed by atoms with Gasteiger partial charge in [-0.2, -0.15) is 5.10 Å². The number of rotatable bonds is 1. The molecular formula is C8H11N3O. The number of hydrogen-bond donors (Lipinski definition) is 1. The van der Waals surface area contributed by atoms with Crippen LogP contribution in [0.3, 0.4) is 0 Å². The van der Waals surface area contributed by atoms with Gasteiger partial charge in [0.15, 0.2) is 0 Å². The van der Waals surface area contributed by atoms with Crippen LogP contribution in [0.25, 0.3) is 0 Å². The molecule has 2 heterocycles. The molecule has 1 aromatic heterocycles. The van der Waals surface area contributed by atoms with Crippen LogP contribution in [0.2, 0.25) is 0 Å². The molecule has 1 aliphatic heterocycles. The molecule has 1 aromatic rings. The van der Waals surface area contributed by atoms with Crippen LogP contribution in [0.5, 0.6) is 0 Å². The molecule has 12 heavy (non-hydrogen) atoms. The predicted octanol–water partition coefficient (Wildman–Crippen LogP) is -0.222. The van der Waals surface area contributed by atoms with Gasteiger partial charge in [-0.15, -0.1) is 0 Å². The van der Waals surface area contributed by atoms with Gasteiger partial charge in [0.05, 0.1) is 6.04 Å². The highest BCUT2D eigenvalue weighted by Gasteiger charge is 2.17. The minimum atomic E-state index is -0.00815. The van der Waals surface area contributed by atoms with Gasteiger partial charge >= 0.3 is 0 Å². The Morgan fingerprint density at radius 1 is 1.67 bits per heavy atom. The molecule has 0 aliphatic carbocycles. The Hall–Kier alpha value is -1.16. The summed E-state index contributed by atoms with van der Waals surface area (Å²) in [5.74, 6) is 0. The topological polar surface area (TPSA) is 46.9 Å². The summed E-state index contributed by atoms with van der Waals surface area (Å²) in [7, 11) is 0. The third kappa shape index (κ3) is 1.25.